The van der Waals surface area contributed by atoms with Crippen molar-refractivity contribution < 1.29 is 28.5 Å². The number of amides is 2. The van der Waals surface area contributed by atoms with E-state index in [1.807, 2.05) is 20.8 Å². The van der Waals surface area contributed by atoms with Crippen LogP contribution in [-0.4, -0.2) is 89.1 Å². The summed E-state index contributed by atoms with van der Waals surface area (Å²) in [6.07, 6.45) is 2.70. The number of hydrogen-bond acceptors (Lipinski definition) is 12. The van der Waals surface area contributed by atoms with Crippen LogP contribution in [0.4, 0.5) is 21.2 Å². The summed E-state index contributed by atoms with van der Waals surface area (Å²) >= 11 is 0. The van der Waals surface area contributed by atoms with Gasteiger partial charge in [-0.25, -0.2) is 9.59 Å². The second-order valence-corrected chi connectivity index (χ2v) is 12.8. The van der Waals surface area contributed by atoms with Crippen LogP contribution in [0.25, 0.3) is 0 Å². The maximum absolute atomic E-state index is 12.2. The first-order valence-corrected chi connectivity index (χ1v) is 15.0. The van der Waals surface area contributed by atoms with Gasteiger partial charge in [-0.1, -0.05) is 0 Å². The summed E-state index contributed by atoms with van der Waals surface area (Å²) in [5, 5.41) is 22.3. The molecule has 4 rings (SSSR count). The van der Waals surface area contributed by atoms with E-state index >= 15 is 0 Å². The van der Waals surface area contributed by atoms with Gasteiger partial charge in [0.2, 0.25) is 0 Å². The number of rotatable bonds is 5. The summed E-state index contributed by atoms with van der Waals surface area (Å²) in [7, 11) is 3.19. The number of aromatic nitrogens is 4. The number of nitrogens with two attached hydrogens (primary N) is 1. The molecule has 260 valence electrons. The van der Waals surface area contributed by atoms with Crippen molar-refractivity contribution >= 4 is 48.6 Å². The summed E-state index contributed by atoms with van der Waals surface area (Å²) in [4.78, 5) is 25.9. The normalized spacial score (nSPS) is 15.6. The van der Waals surface area contributed by atoms with Crippen molar-refractivity contribution in [3.63, 3.8) is 0 Å². The standard InChI is InChI=1S/C20H32N4O5.C10H16N4O.2ClH/c1-19(2,3)28-17(25)21-15-12-14(27-7)16(23-22-15)13-8-10-24(11-9-13)18(26)29-20(4,5)6;1-15-8-6-9(11)13-14-10(8)7-2-4-12-5-3-7;;/h12-13H,8-11H2,1-7H3,(H,21,22,25);6-7,12H,2-5H2,1H3,(H2,11,13);2*1H. The Balaban J connectivity index is 0.000000525. The van der Waals surface area contributed by atoms with Crippen molar-refractivity contribution in [3.8, 4) is 11.5 Å². The fraction of sp³-hybridized carbons (Fsp3) is 0.667. The number of piperidine rings is 2. The number of hydrogen-bond donors (Lipinski definition) is 3. The number of methoxy groups -OCH3 is 2. The molecule has 2 aromatic heterocycles. The number of carbonyl (C=O) groups is 2. The second-order valence-electron chi connectivity index (χ2n) is 12.8. The molecule has 0 unspecified atom stereocenters. The molecule has 2 amide bonds. The molecule has 2 aliphatic heterocycles. The Morgan fingerprint density at radius 3 is 1.83 bits per heavy atom. The Labute approximate surface area is 284 Å². The van der Waals surface area contributed by atoms with Gasteiger partial charge in [-0.05, 0) is 80.3 Å². The molecule has 2 aromatic rings. The number of nitrogens with zero attached hydrogens (tertiary/aromatic N) is 5. The minimum atomic E-state index is -0.607. The molecule has 16 heteroatoms. The number of nitrogen functional groups attached to an aromatic ring is 1. The minimum Gasteiger partial charge on any atom is -0.495 e. The number of nitrogens with one attached hydrogen (secondary N) is 2. The fourth-order valence-electron chi connectivity index (χ4n) is 4.90. The van der Waals surface area contributed by atoms with E-state index in [2.05, 4.69) is 31.0 Å². The van der Waals surface area contributed by atoms with Crippen molar-refractivity contribution in [1.82, 2.24) is 30.6 Å². The molecular weight excluding hydrogens is 639 g/mol. The molecule has 2 saturated heterocycles. The van der Waals surface area contributed by atoms with Gasteiger partial charge in [0, 0.05) is 37.1 Å². The van der Waals surface area contributed by atoms with E-state index < -0.39 is 17.3 Å². The lowest BCUT2D eigenvalue weighted by Gasteiger charge is -2.33. The largest absolute Gasteiger partial charge is 0.495 e. The van der Waals surface area contributed by atoms with Gasteiger partial charge in [0.15, 0.2) is 5.82 Å². The maximum atomic E-state index is 12.2. The van der Waals surface area contributed by atoms with E-state index in [9.17, 15) is 9.59 Å². The molecule has 0 radical (unpaired) electrons. The average Bonchev–Trinajstić information content (AvgIpc) is 2.96. The van der Waals surface area contributed by atoms with Crippen LogP contribution in [0, 0.1) is 0 Å². The maximum Gasteiger partial charge on any atom is 0.413 e. The van der Waals surface area contributed by atoms with Crippen LogP contribution in [-0.2, 0) is 9.47 Å². The quantitative estimate of drug-likeness (QED) is 0.369. The van der Waals surface area contributed by atoms with Gasteiger partial charge in [-0.3, -0.25) is 5.32 Å². The lowest BCUT2D eigenvalue weighted by Crippen LogP contribution is -2.41. The van der Waals surface area contributed by atoms with Crippen LogP contribution in [0.15, 0.2) is 12.1 Å². The molecule has 0 spiro atoms. The highest BCUT2D eigenvalue weighted by molar-refractivity contribution is 5.85. The van der Waals surface area contributed by atoms with Gasteiger partial charge < -0.3 is 34.9 Å². The highest BCUT2D eigenvalue weighted by Crippen LogP contribution is 2.34. The lowest BCUT2D eigenvalue weighted by atomic mass is 9.93. The Kier molecular flexibility index (Phi) is 16.0. The number of carbonyl (C=O) groups excluding carboxylic acids is 2. The molecule has 2 aliphatic rings. The molecule has 4 N–H and O–H groups in total. The molecule has 0 saturated carbocycles. The highest BCUT2D eigenvalue weighted by atomic mass is 35.5. The topological polar surface area (TPSA) is 176 Å². The summed E-state index contributed by atoms with van der Waals surface area (Å²) < 4.78 is 21.4. The zero-order valence-electron chi connectivity index (χ0n) is 28.0. The molecule has 46 heavy (non-hydrogen) atoms. The summed E-state index contributed by atoms with van der Waals surface area (Å²) in [6, 6.07) is 3.37. The first-order chi connectivity index (χ1) is 20.7. The van der Waals surface area contributed by atoms with Crippen molar-refractivity contribution in [2.45, 2.75) is 90.3 Å². The first-order valence-electron chi connectivity index (χ1n) is 15.0. The SMILES string of the molecule is COc1cc(N)nnc1C1CCNCC1.COc1cc(NC(=O)OC(C)(C)C)nnc1C1CCN(C(=O)OC(C)(C)C)CC1.Cl.Cl. The first kappa shape index (κ1) is 40.7. The van der Waals surface area contributed by atoms with Crippen LogP contribution in [0.5, 0.6) is 11.5 Å². The van der Waals surface area contributed by atoms with Crippen molar-refractivity contribution in [2.24, 2.45) is 0 Å². The van der Waals surface area contributed by atoms with Crippen LogP contribution in [0.3, 0.4) is 0 Å². The third kappa shape index (κ3) is 12.8. The number of ether oxygens (including phenoxy) is 4. The highest BCUT2D eigenvalue weighted by Gasteiger charge is 2.30. The Hall–Kier alpha value is -3.36. The lowest BCUT2D eigenvalue weighted by molar-refractivity contribution is 0.0203. The van der Waals surface area contributed by atoms with E-state index in [4.69, 9.17) is 24.7 Å². The van der Waals surface area contributed by atoms with Crippen LogP contribution in [0.1, 0.15) is 90.4 Å². The Morgan fingerprint density at radius 2 is 1.30 bits per heavy atom. The van der Waals surface area contributed by atoms with E-state index in [1.165, 1.54) is 0 Å². The van der Waals surface area contributed by atoms with Crippen LogP contribution in [0.2, 0.25) is 0 Å². The molecule has 0 bridgehead atoms. The van der Waals surface area contributed by atoms with Crippen LogP contribution < -0.4 is 25.8 Å². The van der Waals surface area contributed by atoms with Crippen molar-refractivity contribution in [1.29, 1.82) is 0 Å². The summed E-state index contributed by atoms with van der Waals surface area (Å²) in [6.45, 7) is 14.1. The zero-order valence-corrected chi connectivity index (χ0v) is 29.7. The van der Waals surface area contributed by atoms with Gasteiger partial charge in [0.25, 0.3) is 0 Å². The second kappa shape index (κ2) is 18.1. The molecule has 0 aliphatic carbocycles. The molecule has 0 aromatic carbocycles. The number of anilines is 2. The van der Waals surface area contributed by atoms with Gasteiger partial charge >= 0.3 is 12.2 Å². The molecule has 0 atom stereocenters. The third-order valence-electron chi connectivity index (χ3n) is 6.92. The molecule has 14 nitrogen and oxygen atoms in total. The van der Waals surface area contributed by atoms with Gasteiger partial charge in [-0.2, -0.15) is 0 Å². The molecular formula is C30H50Cl2N8O6. The predicted octanol–water partition coefficient (Wildman–Crippen LogP) is 5.32. The minimum absolute atomic E-state index is 0. The van der Waals surface area contributed by atoms with Gasteiger partial charge in [-0.15, -0.1) is 45.2 Å². The van der Waals surface area contributed by atoms with E-state index in [0.717, 1.165) is 50.2 Å². The van der Waals surface area contributed by atoms with E-state index in [1.54, 1.807) is 52.0 Å². The summed E-state index contributed by atoms with van der Waals surface area (Å²) in [5.74, 6) is 2.51. The monoisotopic (exact) mass is 688 g/mol. The van der Waals surface area contributed by atoms with Crippen molar-refractivity contribution in [3.05, 3.63) is 23.5 Å². The van der Waals surface area contributed by atoms with E-state index in [-0.39, 0.29) is 42.6 Å². The number of likely N-dealkylation sites (tertiary alicyclic amines) is 1. The average molecular weight is 690 g/mol. The van der Waals surface area contributed by atoms with Crippen molar-refractivity contribution in [2.75, 3.05) is 51.4 Å². The Morgan fingerprint density at radius 1 is 0.804 bits per heavy atom. The summed E-state index contributed by atoms with van der Waals surface area (Å²) in [5.41, 5.74) is 6.10. The predicted molar refractivity (Wildman–Crippen MR) is 181 cm³/mol. The Bertz CT molecular complexity index is 1260. The molecule has 2 fully saturated rings. The van der Waals surface area contributed by atoms with E-state index in [0.29, 0.717) is 36.3 Å². The van der Waals surface area contributed by atoms with Gasteiger partial charge in [0.05, 0.1) is 14.2 Å². The van der Waals surface area contributed by atoms with Gasteiger partial charge in [0.1, 0.15) is 39.9 Å². The smallest absolute Gasteiger partial charge is 0.413 e. The molecule has 4 heterocycles. The zero-order chi connectivity index (χ0) is 32.5. The fourth-order valence-corrected chi connectivity index (χ4v) is 4.90. The number of halogens is 2. The van der Waals surface area contributed by atoms with Crippen LogP contribution >= 0.6 is 24.8 Å². The third-order valence-corrected chi connectivity index (χ3v) is 6.92.